The van der Waals surface area contributed by atoms with Crippen LogP contribution in [0.3, 0.4) is 0 Å². The molecule has 2 heteroatoms. The van der Waals surface area contributed by atoms with E-state index in [1.54, 1.807) is 11.3 Å². The fraction of sp³-hybridized carbons (Fsp3) is 0.0769. The number of rotatable bonds is 3. The Morgan fingerprint density at radius 3 is 2.87 bits per heavy atom. The van der Waals surface area contributed by atoms with Crippen molar-refractivity contribution in [3.05, 3.63) is 53.9 Å². The average Bonchev–Trinajstić information content (AvgIpc) is 2.75. The predicted molar refractivity (Wildman–Crippen MR) is 68.1 cm³/mol. The highest BCUT2D eigenvalue weighted by atomic mass is 32.1. The van der Waals surface area contributed by atoms with Crippen LogP contribution in [0.4, 0.5) is 5.69 Å². The molecule has 2 rings (SSSR count). The first-order valence-electron chi connectivity index (χ1n) is 4.84. The molecule has 0 aliphatic carbocycles. The zero-order chi connectivity index (χ0) is 10.7. The Hall–Kier alpha value is -1.54. The standard InChI is InChI=1S/C13H13NS/c1-2-4-10-9-11(6-7-12(10)14)13-5-3-8-15-13/h2-3,5-9H,1,4,14H2. The summed E-state index contributed by atoms with van der Waals surface area (Å²) in [5.74, 6) is 0. The van der Waals surface area contributed by atoms with Gasteiger partial charge in [-0.2, -0.15) is 0 Å². The van der Waals surface area contributed by atoms with Gasteiger partial charge >= 0.3 is 0 Å². The molecule has 0 fully saturated rings. The number of thiophene rings is 1. The molecule has 0 saturated heterocycles. The number of allylic oxidation sites excluding steroid dienone is 1. The second-order valence-electron chi connectivity index (χ2n) is 3.38. The monoisotopic (exact) mass is 215 g/mol. The van der Waals surface area contributed by atoms with E-state index in [-0.39, 0.29) is 0 Å². The third kappa shape index (κ3) is 2.10. The van der Waals surface area contributed by atoms with Gasteiger partial charge in [-0.25, -0.2) is 0 Å². The molecule has 0 bridgehead atoms. The highest BCUT2D eigenvalue weighted by Crippen LogP contribution is 2.27. The Balaban J connectivity index is 2.42. The van der Waals surface area contributed by atoms with Crippen molar-refractivity contribution in [2.45, 2.75) is 6.42 Å². The van der Waals surface area contributed by atoms with Crippen LogP contribution in [0.2, 0.25) is 0 Å². The molecule has 2 N–H and O–H groups in total. The molecule has 1 aromatic carbocycles. The minimum absolute atomic E-state index is 0.824. The van der Waals surface area contributed by atoms with E-state index >= 15 is 0 Å². The summed E-state index contributed by atoms with van der Waals surface area (Å²) in [5.41, 5.74) is 9.11. The molecule has 0 unspecified atom stereocenters. The van der Waals surface area contributed by atoms with E-state index < -0.39 is 0 Å². The third-order valence-corrected chi connectivity index (χ3v) is 3.23. The molecule has 0 amide bonds. The molecule has 15 heavy (non-hydrogen) atoms. The van der Waals surface area contributed by atoms with Gasteiger partial charge in [-0.3, -0.25) is 0 Å². The average molecular weight is 215 g/mol. The second-order valence-corrected chi connectivity index (χ2v) is 4.33. The van der Waals surface area contributed by atoms with E-state index in [4.69, 9.17) is 5.73 Å². The Bertz CT molecular complexity index is 457. The van der Waals surface area contributed by atoms with Crippen LogP contribution in [-0.2, 0) is 6.42 Å². The smallest absolute Gasteiger partial charge is 0.0350 e. The maximum Gasteiger partial charge on any atom is 0.0350 e. The van der Waals surface area contributed by atoms with Crippen molar-refractivity contribution in [3.8, 4) is 10.4 Å². The summed E-state index contributed by atoms with van der Waals surface area (Å²) in [4.78, 5) is 1.28. The van der Waals surface area contributed by atoms with Crippen molar-refractivity contribution in [2.75, 3.05) is 5.73 Å². The Morgan fingerprint density at radius 1 is 1.33 bits per heavy atom. The molecule has 0 aliphatic heterocycles. The predicted octanol–water partition coefficient (Wildman–Crippen LogP) is 3.73. The van der Waals surface area contributed by atoms with Crippen molar-refractivity contribution in [1.29, 1.82) is 0 Å². The van der Waals surface area contributed by atoms with E-state index in [0.29, 0.717) is 0 Å². The van der Waals surface area contributed by atoms with Gasteiger partial charge in [-0.05, 0) is 41.1 Å². The number of nitrogen functional groups attached to an aromatic ring is 1. The van der Waals surface area contributed by atoms with E-state index in [2.05, 4.69) is 36.2 Å². The Labute approximate surface area is 93.9 Å². The lowest BCUT2D eigenvalue weighted by Crippen LogP contribution is -1.93. The first-order valence-corrected chi connectivity index (χ1v) is 5.72. The van der Waals surface area contributed by atoms with Gasteiger partial charge in [0.25, 0.3) is 0 Å². The van der Waals surface area contributed by atoms with Crippen molar-refractivity contribution in [1.82, 2.24) is 0 Å². The van der Waals surface area contributed by atoms with Gasteiger partial charge in [0.15, 0.2) is 0 Å². The SMILES string of the molecule is C=CCc1cc(-c2cccs2)ccc1N. The zero-order valence-electron chi connectivity index (χ0n) is 8.44. The van der Waals surface area contributed by atoms with Gasteiger partial charge in [0.1, 0.15) is 0 Å². The van der Waals surface area contributed by atoms with Gasteiger partial charge in [0.2, 0.25) is 0 Å². The Morgan fingerprint density at radius 2 is 2.20 bits per heavy atom. The van der Waals surface area contributed by atoms with Gasteiger partial charge < -0.3 is 5.73 Å². The van der Waals surface area contributed by atoms with Gasteiger partial charge in [-0.1, -0.05) is 18.2 Å². The second kappa shape index (κ2) is 4.32. The molecule has 0 saturated carbocycles. The summed E-state index contributed by atoms with van der Waals surface area (Å²) in [6.07, 6.45) is 2.70. The maximum atomic E-state index is 5.88. The molecule has 76 valence electrons. The van der Waals surface area contributed by atoms with Crippen molar-refractivity contribution < 1.29 is 0 Å². The molecule has 0 aliphatic rings. The number of benzene rings is 1. The topological polar surface area (TPSA) is 26.0 Å². The first-order chi connectivity index (χ1) is 7.31. The van der Waals surface area contributed by atoms with Crippen LogP contribution in [0.1, 0.15) is 5.56 Å². The summed E-state index contributed by atoms with van der Waals surface area (Å²) >= 11 is 1.74. The van der Waals surface area contributed by atoms with Crippen LogP contribution >= 0.6 is 11.3 Å². The molecule has 1 heterocycles. The molecule has 2 aromatic rings. The van der Waals surface area contributed by atoms with Gasteiger partial charge in [-0.15, -0.1) is 17.9 Å². The minimum Gasteiger partial charge on any atom is -0.398 e. The Kier molecular flexibility index (Phi) is 2.88. The van der Waals surface area contributed by atoms with Gasteiger partial charge in [0.05, 0.1) is 0 Å². The summed E-state index contributed by atoms with van der Waals surface area (Å²) in [5, 5.41) is 2.08. The van der Waals surface area contributed by atoms with E-state index in [0.717, 1.165) is 17.7 Å². The van der Waals surface area contributed by atoms with Crippen molar-refractivity contribution >= 4 is 17.0 Å². The van der Waals surface area contributed by atoms with E-state index in [1.807, 2.05) is 12.1 Å². The van der Waals surface area contributed by atoms with Crippen LogP contribution in [0.25, 0.3) is 10.4 Å². The number of hydrogen-bond acceptors (Lipinski definition) is 2. The highest BCUT2D eigenvalue weighted by molar-refractivity contribution is 7.13. The highest BCUT2D eigenvalue weighted by Gasteiger charge is 2.02. The lowest BCUT2D eigenvalue weighted by molar-refractivity contribution is 1.28. The largest absolute Gasteiger partial charge is 0.398 e. The summed E-state index contributed by atoms with van der Waals surface area (Å²) in [7, 11) is 0. The molecule has 0 spiro atoms. The summed E-state index contributed by atoms with van der Waals surface area (Å²) in [6, 6.07) is 10.3. The fourth-order valence-corrected chi connectivity index (χ4v) is 2.26. The van der Waals surface area contributed by atoms with Crippen LogP contribution in [0.15, 0.2) is 48.4 Å². The van der Waals surface area contributed by atoms with Crippen molar-refractivity contribution in [2.24, 2.45) is 0 Å². The van der Waals surface area contributed by atoms with E-state index in [1.165, 1.54) is 10.4 Å². The molecular formula is C13H13NS. The molecule has 1 nitrogen and oxygen atoms in total. The molecule has 0 atom stereocenters. The lowest BCUT2D eigenvalue weighted by Gasteiger charge is -2.05. The number of hydrogen-bond donors (Lipinski definition) is 1. The normalized spacial score (nSPS) is 10.1. The number of anilines is 1. The number of nitrogens with two attached hydrogens (primary N) is 1. The minimum atomic E-state index is 0.824. The van der Waals surface area contributed by atoms with Crippen LogP contribution in [0, 0.1) is 0 Å². The summed E-state index contributed by atoms with van der Waals surface area (Å²) < 4.78 is 0. The van der Waals surface area contributed by atoms with Crippen LogP contribution < -0.4 is 5.73 Å². The zero-order valence-corrected chi connectivity index (χ0v) is 9.26. The molecule has 1 aromatic heterocycles. The maximum absolute atomic E-state index is 5.88. The first kappa shape index (κ1) is 9.99. The van der Waals surface area contributed by atoms with Crippen LogP contribution in [0.5, 0.6) is 0 Å². The van der Waals surface area contributed by atoms with Crippen molar-refractivity contribution in [3.63, 3.8) is 0 Å². The molecule has 0 radical (unpaired) electrons. The van der Waals surface area contributed by atoms with Gasteiger partial charge in [0, 0.05) is 10.6 Å². The third-order valence-electron chi connectivity index (χ3n) is 2.31. The van der Waals surface area contributed by atoms with E-state index in [9.17, 15) is 0 Å². The lowest BCUT2D eigenvalue weighted by atomic mass is 10.1. The summed E-state index contributed by atoms with van der Waals surface area (Å²) in [6.45, 7) is 3.74. The fourth-order valence-electron chi connectivity index (χ4n) is 1.53. The quantitative estimate of drug-likeness (QED) is 0.612. The molecular weight excluding hydrogens is 202 g/mol. The van der Waals surface area contributed by atoms with Crippen LogP contribution in [-0.4, -0.2) is 0 Å².